The van der Waals surface area contributed by atoms with Gasteiger partial charge in [0.05, 0.1) is 6.21 Å². The smallest absolute Gasteiger partial charge is 0.271 e. The Kier molecular flexibility index (Phi) is 5.21. The molecule has 26 heavy (non-hydrogen) atoms. The summed E-state index contributed by atoms with van der Waals surface area (Å²) in [4.78, 5) is 26.3. The number of hydroxylamine groups is 1. The van der Waals surface area contributed by atoms with Gasteiger partial charge in [0, 0.05) is 34.3 Å². The molecule has 0 radical (unpaired) electrons. The number of aromatic amines is 1. The fourth-order valence-electron chi connectivity index (χ4n) is 2.42. The van der Waals surface area contributed by atoms with Crippen LogP contribution in [0.25, 0.3) is 17.0 Å². The van der Waals surface area contributed by atoms with Gasteiger partial charge in [-0.1, -0.05) is 30.3 Å². The van der Waals surface area contributed by atoms with Crippen molar-refractivity contribution in [3.63, 3.8) is 0 Å². The molecule has 0 fully saturated rings. The number of nitrogens with zero attached hydrogens (tertiary/aromatic N) is 1. The summed E-state index contributed by atoms with van der Waals surface area (Å²) in [6.45, 7) is 0. The van der Waals surface area contributed by atoms with Gasteiger partial charge >= 0.3 is 0 Å². The molecule has 2 aromatic carbocycles. The Balaban J connectivity index is 1.68. The van der Waals surface area contributed by atoms with Crippen LogP contribution in [0.1, 0.15) is 21.5 Å². The number of nitrogens with one attached hydrogen (secondary N) is 3. The largest absolute Gasteiger partial charge is 0.361 e. The number of fused-ring (bicyclic) bond motifs is 1. The lowest BCUT2D eigenvalue weighted by atomic mass is 10.1. The van der Waals surface area contributed by atoms with Crippen LogP contribution in [-0.2, 0) is 4.79 Å². The molecule has 1 aromatic heterocycles. The summed E-state index contributed by atoms with van der Waals surface area (Å²) in [7, 11) is 0. The predicted octanol–water partition coefficient (Wildman–Crippen LogP) is 2.45. The van der Waals surface area contributed by atoms with Crippen molar-refractivity contribution in [1.29, 1.82) is 0 Å². The van der Waals surface area contributed by atoms with E-state index < -0.39 is 5.91 Å². The molecule has 1 heterocycles. The van der Waals surface area contributed by atoms with Crippen molar-refractivity contribution in [2.45, 2.75) is 0 Å². The molecule has 0 unspecified atom stereocenters. The van der Waals surface area contributed by atoms with Crippen LogP contribution >= 0.6 is 0 Å². The van der Waals surface area contributed by atoms with Crippen LogP contribution in [-0.4, -0.2) is 28.2 Å². The van der Waals surface area contributed by atoms with Crippen LogP contribution < -0.4 is 10.9 Å². The molecular weight excluding hydrogens is 332 g/mol. The molecule has 7 heteroatoms. The fourth-order valence-corrected chi connectivity index (χ4v) is 2.42. The third-order valence-corrected chi connectivity index (χ3v) is 3.68. The van der Waals surface area contributed by atoms with Crippen molar-refractivity contribution in [3.05, 3.63) is 77.5 Å². The van der Waals surface area contributed by atoms with Crippen molar-refractivity contribution >= 4 is 35.0 Å². The van der Waals surface area contributed by atoms with E-state index in [1.54, 1.807) is 30.5 Å². The van der Waals surface area contributed by atoms with Crippen LogP contribution in [0.4, 0.5) is 0 Å². The third-order valence-electron chi connectivity index (χ3n) is 3.68. The monoisotopic (exact) mass is 348 g/mol. The number of hydrazone groups is 1. The van der Waals surface area contributed by atoms with Gasteiger partial charge in [0.2, 0.25) is 0 Å². The molecule has 3 rings (SSSR count). The summed E-state index contributed by atoms with van der Waals surface area (Å²) in [5, 5.41) is 13.5. The van der Waals surface area contributed by atoms with Gasteiger partial charge in [0.25, 0.3) is 11.8 Å². The molecule has 7 nitrogen and oxygen atoms in total. The molecule has 0 saturated carbocycles. The Morgan fingerprint density at radius 2 is 1.96 bits per heavy atom. The second-order valence-corrected chi connectivity index (χ2v) is 5.42. The van der Waals surface area contributed by atoms with E-state index in [1.165, 1.54) is 11.6 Å². The molecule has 3 aromatic rings. The van der Waals surface area contributed by atoms with Crippen LogP contribution in [0.3, 0.4) is 0 Å². The van der Waals surface area contributed by atoms with Gasteiger partial charge in [-0.15, -0.1) is 0 Å². The minimum atomic E-state index is -0.650. The number of hydrogen-bond acceptors (Lipinski definition) is 4. The minimum absolute atomic E-state index is 0.372. The van der Waals surface area contributed by atoms with Crippen molar-refractivity contribution in [1.82, 2.24) is 15.9 Å². The van der Waals surface area contributed by atoms with Gasteiger partial charge < -0.3 is 4.98 Å². The second kappa shape index (κ2) is 7.91. The summed E-state index contributed by atoms with van der Waals surface area (Å²) in [6, 6.07) is 14.5. The SMILES string of the molecule is O=C(C=Cc1cccc(C(=O)NN=Cc2c[nH]c3ccccc23)c1)NO. The van der Waals surface area contributed by atoms with Crippen LogP contribution in [0.15, 0.2) is 65.9 Å². The Labute approximate surface area is 149 Å². The lowest BCUT2D eigenvalue weighted by molar-refractivity contribution is -0.124. The van der Waals surface area contributed by atoms with E-state index in [0.29, 0.717) is 11.1 Å². The Morgan fingerprint density at radius 3 is 2.81 bits per heavy atom. The van der Waals surface area contributed by atoms with E-state index >= 15 is 0 Å². The average Bonchev–Trinajstić information content (AvgIpc) is 3.09. The first-order valence-electron chi connectivity index (χ1n) is 7.79. The number of amides is 2. The van der Waals surface area contributed by atoms with Crippen molar-refractivity contribution < 1.29 is 14.8 Å². The molecule has 0 spiro atoms. The van der Waals surface area contributed by atoms with Gasteiger partial charge in [-0.05, 0) is 29.8 Å². The fraction of sp³-hybridized carbons (Fsp3) is 0. The highest BCUT2D eigenvalue weighted by Crippen LogP contribution is 2.15. The number of benzene rings is 2. The maximum atomic E-state index is 12.2. The van der Waals surface area contributed by atoms with E-state index in [1.807, 2.05) is 30.5 Å². The van der Waals surface area contributed by atoms with Gasteiger partial charge in [0.15, 0.2) is 0 Å². The number of carbonyl (C=O) groups is 2. The maximum Gasteiger partial charge on any atom is 0.271 e. The van der Waals surface area contributed by atoms with Crippen molar-refractivity contribution in [3.8, 4) is 0 Å². The highest BCUT2D eigenvalue weighted by atomic mass is 16.5. The number of carbonyl (C=O) groups excluding carboxylic acids is 2. The van der Waals surface area contributed by atoms with Crippen LogP contribution in [0.2, 0.25) is 0 Å². The topological polar surface area (TPSA) is 107 Å². The third kappa shape index (κ3) is 4.03. The summed E-state index contributed by atoms with van der Waals surface area (Å²) in [5.74, 6) is -1.02. The molecule has 130 valence electrons. The number of para-hydroxylation sites is 1. The van der Waals surface area contributed by atoms with Gasteiger partial charge in [-0.2, -0.15) is 5.10 Å². The van der Waals surface area contributed by atoms with E-state index in [-0.39, 0.29) is 5.91 Å². The number of hydrogen-bond donors (Lipinski definition) is 4. The zero-order chi connectivity index (χ0) is 18.4. The summed E-state index contributed by atoms with van der Waals surface area (Å²) in [6.07, 6.45) is 6.04. The Hall–Kier alpha value is -3.71. The minimum Gasteiger partial charge on any atom is -0.361 e. The van der Waals surface area contributed by atoms with Gasteiger partial charge in [0.1, 0.15) is 0 Å². The highest BCUT2D eigenvalue weighted by molar-refractivity contribution is 6.00. The molecule has 0 aliphatic heterocycles. The maximum absolute atomic E-state index is 12.2. The first-order valence-corrected chi connectivity index (χ1v) is 7.79. The number of H-pyrrole nitrogens is 1. The van der Waals surface area contributed by atoms with E-state index in [2.05, 4.69) is 15.5 Å². The standard InChI is InChI=1S/C19H16N4O3/c24-18(23-26)9-8-13-4-3-5-14(10-13)19(25)22-21-12-15-11-20-17-7-2-1-6-16(15)17/h1-12,20,26H,(H,22,25)(H,23,24). The lowest BCUT2D eigenvalue weighted by Gasteiger charge is -2.01. The highest BCUT2D eigenvalue weighted by Gasteiger charge is 2.05. The molecule has 0 aliphatic carbocycles. The normalized spacial score (nSPS) is 11.3. The summed E-state index contributed by atoms with van der Waals surface area (Å²) >= 11 is 0. The van der Waals surface area contributed by atoms with Gasteiger partial charge in [-0.3, -0.25) is 14.8 Å². The van der Waals surface area contributed by atoms with Gasteiger partial charge in [-0.25, -0.2) is 10.9 Å². The predicted molar refractivity (Wildman–Crippen MR) is 98.8 cm³/mol. The van der Waals surface area contributed by atoms with Crippen molar-refractivity contribution in [2.75, 3.05) is 0 Å². The Bertz CT molecular complexity index is 1000. The van der Waals surface area contributed by atoms with Crippen LogP contribution in [0.5, 0.6) is 0 Å². The summed E-state index contributed by atoms with van der Waals surface area (Å²) in [5.41, 5.74) is 6.88. The molecular formula is C19H16N4O3. The quantitative estimate of drug-likeness (QED) is 0.246. The molecule has 0 aliphatic rings. The molecule has 0 saturated heterocycles. The summed E-state index contributed by atoms with van der Waals surface area (Å²) < 4.78 is 0. The zero-order valence-electron chi connectivity index (χ0n) is 13.6. The zero-order valence-corrected chi connectivity index (χ0v) is 13.6. The van der Waals surface area contributed by atoms with Crippen molar-refractivity contribution in [2.24, 2.45) is 5.10 Å². The van der Waals surface area contributed by atoms with Crippen LogP contribution in [0, 0.1) is 0 Å². The molecule has 0 atom stereocenters. The molecule has 4 N–H and O–H groups in total. The Morgan fingerprint density at radius 1 is 1.12 bits per heavy atom. The first kappa shape index (κ1) is 17.1. The average molecular weight is 348 g/mol. The van der Waals surface area contributed by atoms with E-state index in [4.69, 9.17) is 5.21 Å². The molecule has 2 amide bonds. The second-order valence-electron chi connectivity index (χ2n) is 5.42. The van der Waals surface area contributed by atoms with E-state index in [0.717, 1.165) is 22.5 Å². The number of aromatic nitrogens is 1. The lowest BCUT2D eigenvalue weighted by Crippen LogP contribution is -2.17. The number of rotatable bonds is 5. The first-order chi connectivity index (χ1) is 12.7. The van der Waals surface area contributed by atoms with E-state index in [9.17, 15) is 9.59 Å². The molecule has 0 bridgehead atoms.